The van der Waals surface area contributed by atoms with Crippen LogP contribution in [0, 0.1) is 6.92 Å². The molecule has 0 saturated heterocycles. The molecule has 0 spiro atoms. The fourth-order valence-electron chi connectivity index (χ4n) is 2.05. The molecule has 0 amide bonds. The average Bonchev–Trinajstić information content (AvgIpc) is 2.31. The van der Waals surface area contributed by atoms with Crippen LogP contribution in [0.1, 0.15) is 36.5 Å². The van der Waals surface area contributed by atoms with E-state index in [1.165, 1.54) is 16.7 Å². The number of nitrogens with zero attached hydrogens (tertiary/aromatic N) is 1. The van der Waals surface area contributed by atoms with Crippen molar-refractivity contribution in [3.8, 4) is 0 Å². The van der Waals surface area contributed by atoms with Crippen molar-refractivity contribution >= 4 is 0 Å². The van der Waals surface area contributed by atoms with Gasteiger partial charge in [-0.25, -0.2) is 0 Å². The number of aryl methyl sites for hydroxylation is 1. The average molecular weight is 249 g/mol. The minimum Gasteiger partial charge on any atom is -0.329 e. The Labute approximate surface area is 111 Å². The Morgan fingerprint density at radius 1 is 1.28 bits per heavy atom. The Kier molecular flexibility index (Phi) is 5.79. The van der Waals surface area contributed by atoms with Crippen LogP contribution in [0.5, 0.6) is 0 Å². The minimum absolute atomic E-state index is 0.0589. The Bertz CT molecular complexity index is 374. The SMILES string of the molecule is Cc1ccc(C(C)C)cc1CN(C)CC(N)CN. The second-order valence-electron chi connectivity index (χ2n) is 5.53. The summed E-state index contributed by atoms with van der Waals surface area (Å²) < 4.78 is 0. The van der Waals surface area contributed by atoms with Crippen LogP contribution in [0.15, 0.2) is 18.2 Å². The molecule has 0 aliphatic rings. The number of hydrogen-bond donors (Lipinski definition) is 2. The van der Waals surface area contributed by atoms with Crippen molar-refractivity contribution in [3.63, 3.8) is 0 Å². The third-order valence-corrected chi connectivity index (χ3v) is 3.33. The summed E-state index contributed by atoms with van der Waals surface area (Å²) in [5.41, 5.74) is 15.6. The Morgan fingerprint density at radius 2 is 1.94 bits per heavy atom. The molecule has 0 fully saturated rings. The monoisotopic (exact) mass is 249 g/mol. The smallest absolute Gasteiger partial charge is 0.0292 e. The van der Waals surface area contributed by atoms with Crippen LogP contribution in [0.25, 0.3) is 0 Å². The first kappa shape index (κ1) is 15.2. The van der Waals surface area contributed by atoms with Gasteiger partial charge in [0.1, 0.15) is 0 Å². The molecule has 0 aliphatic heterocycles. The predicted molar refractivity (Wildman–Crippen MR) is 78.6 cm³/mol. The summed E-state index contributed by atoms with van der Waals surface area (Å²) in [6.45, 7) is 8.92. The van der Waals surface area contributed by atoms with Crippen LogP contribution in [-0.2, 0) is 6.54 Å². The van der Waals surface area contributed by atoms with E-state index in [9.17, 15) is 0 Å². The fourth-order valence-corrected chi connectivity index (χ4v) is 2.05. The lowest BCUT2D eigenvalue weighted by molar-refractivity contribution is 0.304. The molecule has 4 N–H and O–H groups in total. The van der Waals surface area contributed by atoms with Gasteiger partial charge in [0.05, 0.1) is 0 Å². The third kappa shape index (κ3) is 4.41. The summed E-state index contributed by atoms with van der Waals surface area (Å²) >= 11 is 0. The maximum absolute atomic E-state index is 5.88. The Balaban J connectivity index is 2.73. The zero-order valence-electron chi connectivity index (χ0n) is 12.1. The van der Waals surface area contributed by atoms with Crippen LogP contribution in [-0.4, -0.2) is 31.1 Å². The molecule has 18 heavy (non-hydrogen) atoms. The summed E-state index contributed by atoms with van der Waals surface area (Å²) in [6.07, 6.45) is 0. The molecule has 102 valence electrons. The van der Waals surface area contributed by atoms with Gasteiger partial charge in [0, 0.05) is 25.7 Å². The van der Waals surface area contributed by atoms with E-state index in [-0.39, 0.29) is 6.04 Å². The van der Waals surface area contributed by atoms with Gasteiger partial charge in [-0.15, -0.1) is 0 Å². The summed E-state index contributed by atoms with van der Waals surface area (Å²) in [6, 6.07) is 6.80. The van der Waals surface area contributed by atoms with Crippen molar-refractivity contribution in [1.82, 2.24) is 4.90 Å². The first-order valence-corrected chi connectivity index (χ1v) is 6.67. The van der Waals surface area contributed by atoms with Gasteiger partial charge in [-0.05, 0) is 36.6 Å². The molecule has 1 unspecified atom stereocenters. The first-order valence-electron chi connectivity index (χ1n) is 6.67. The fraction of sp³-hybridized carbons (Fsp3) is 0.600. The summed E-state index contributed by atoms with van der Waals surface area (Å²) in [5.74, 6) is 0.570. The number of rotatable bonds is 6. The van der Waals surface area contributed by atoms with Gasteiger partial charge in [-0.3, -0.25) is 0 Å². The van der Waals surface area contributed by atoms with Gasteiger partial charge in [0.25, 0.3) is 0 Å². The van der Waals surface area contributed by atoms with Crippen molar-refractivity contribution in [2.75, 3.05) is 20.1 Å². The van der Waals surface area contributed by atoms with E-state index in [1.807, 2.05) is 0 Å². The van der Waals surface area contributed by atoms with Crippen molar-refractivity contribution in [3.05, 3.63) is 34.9 Å². The lowest BCUT2D eigenvalue weighted by Crippen LogP contribution is -2.40. The van der Waals surface area contributed by atoms with Gasteiger partial charge in [-0.2, -0.15) is 0 Å². The van der Waals surface area contributed by atoms with Crippen LogP contribution in [0.4, 0.5) is 0 Å². The summed E-state index contributed by atoms with van der Waals surface area (Å²) in [5, 5.41) is 0. The molecule has 0 heterocycles. The highest BCUT2D eigenvalue weighted by molar-refractivity contribution is 5.32. The number of likely N-dealkylation sites (N-methyl/N-ethyl adjacent to an activating group) is 1. The van der Waals surface area contributed by atoms with Crippen molar-refractivity contribution in [1.29, 1.82) is 0 Å². The van der Waals surface area contributed by atoms with Gasteiger partial charge in [0.2, 0.25) is 0 Å². The van der Waals surface area contributed by atoms with E-state index in [2.05, 4.69) is 50.9 Å². The number of hydrogen-bond acceptors (Lipinski definition) is 3. The van der Waals surface area contributed by atoms with Crippen molar-refractivity contribution < 1.29 is 0 Å². The van der Waals surface area contributed by atoms with Crippen molar-refractivity contribution in [2.24, 2.45) is 11.5 Å². The maximum Gasteiger partial charge on any atom is 0.0292 e. The van der Waals surface area contributed by atoms with E-state index in [1.54, 1.807) is 0 Å². The van der Waals surface area contributed by atoms with Gasteiger partial charge in [-0.1, -0.05) is 32.0 Å². The topological polar surface area (TPSA) is 55.3 Å². The second-order valence-corrected chi connectivity index (χ2v) is 5.53. The van der Waals surface area contributed by atoms with Crippen molar-refractivity contribution in [2.45, 2.75) is 39.3 Å². The normalized spacial score (nSPS) is 13.3. The molecule has 0 saturated carbocycles. The zero-order chi connectivity index (χ0) is 13.7. The van der Waals surface area contributed by atoms with E-state index in [0.717, 1.165) is 13.1 Å². The maximum atomic E-state index is 5.88. The van der Waals surface area contributed by atoms with Crippen LogP contribution >= 0.6 is 0 Å². The molecule has 1 aromatic rings. The van der Waals surface area contributed by atoms with Crippen LogP contribution in [0.3, 0.4) is 0 Å². The summed E-state index contributed by atoms with van der Waals surface area (Å²) in [4.78, 5) is 2.24. The molecular formula is C15H27N3. The van der Waals surface area contributed by atoms with E-state index in [0.29, 0.717) is 12.5 Å². The van der Waals surface area contributed by atoms with Crippen LogP contribution < -0.4 is 11.5 Å². The molecule has 1 aromatic carbocycles. The predicted octanol–water partition coefficient (Wildman–Crippen LogP) is 1.84. The van der Waals surface area contributed by atoms with E-state index >= 15 is 0 Å². The Morgan fingerprint density at radius 3 is 2.50 bits per heavy atom. The highest BCUT2D eigenvalue weighted by Crippen LogP contribution is 2.19. The van der Waals surface area contributed by atoms with E-state index < -0.39 is 0 Å². The Hall–Kier alpha value is -0.900. The highest BCUT2D eigenvalue weighted by Gasteiger charge is 2.09. The van der Waals surface area contributed by atoms with Gasteiger partial charge >= 0.3 is 0 Å². The highest BCUT2D eigenvalue weighted by atomic mass is 15.1. The third-order valence-electron chi connectivity index (χ3n) is 3.33. The summed E-state index contributed by atoms with van der Waals surface area (Å²) in [7, 11) is 2.09. The molecule has 1 atom stereocenters. The van der Waals surface area contributed by atoms with Crippen LogP contribution in [0.2, 0.25) is 0 Å². The molecule has 1 rings (SSSR count). The number of nitrogens with two attached hydrogens (primary N) is 2. The first-order chi connectivity index (χ1) is 8.43. The standard InChI is InChI=1S/C15H27N3/c1-11(2)13-6-5-12(3)14(7-13)9-18(4)10-15(17)8-16/h5-7,11,15H,8-10,16-17H2,1-4H3. The molecular weight excluding hydrogens is 222 g/mol. The molecule has 3 heteroatoms. The lowest BCUT2D eigenvalue weighted by atomic mass is 9.97. The molecule has 3 nitrogen and oxygen atoms in total. The number of benzene rings is 1. The van der Waals surface area contributed by atoms with Gasteiger partial charge in [0.15, 0.2) is 0 Å². The lowest BCUT2D eigenvalue weighted by Gasteiger charge is -2.22. The zero-order valence-corrected chi connectivity index (χ0v) is 12.1. The second kappa shape index (κ2) is 6.88. The molecule has 0 bridgehead atoms. The minimum atomic E-state index is 0.0589. The van der Waals surface area contributed by atoms with E-state index in [4.69, 9.17) is 11.5 Å². The molecule has 0 aliphatic carbocycles. The van der Waals surface area contributed by atoms with Gasteiger partial charge < -0.3 is 16.4 Å². The largest absolute Gasteiger partial charge is 0.329 e. The molecule has 0 aromatic heterocycles. The molecule has 0 radical (unpaired) electrons. The quantitative estimate of drug-likeness (QED) is 0.809.